The van der Waals surface area contributed by atoms with E-state index in [1.807, 2.05) is 21.1 Å². The highest BCUT2D eigenvalue weighted by molar-refractivity contribution is 7.45. The van der Waals surface area contributed by atoms with Gasteiger partial charge in [-0.25, -0.2) is 0 Å². The molecule has 9 nitrogen and oxygen atoms in total. The molecule has 0 heterocycles. The lowest BCUT2D eigenvalue weighted by Gasteiger charge is -2.28. The van der Waals surface area contributed by atoms with E-state index in [9.17, 15) is 19.0 Å². The molecule has 0 amide bonds. The van der Waals surface area contributed by atoms with Crippen molar-refractivity contribution in [1.82, 2.24) is 0 Å². The Morgan fingerprint density at radius 3 is 1.18 bits per heavy atom. The molecule has 2 atom stereocenters. The van der Waals surface area contributed by atoms with Crippen molar-refractivity contribution in [2.24, 2.45) is 0 Å². The van der Waals surface area contributed by atoms with Crippen molar-refractivity contribution in [2.45, 2.75) is 277 Å². The highest BCUT2D eigenvalue weighted by Crippen LogP contribution is 2.38. The number of rotatable bonds is 53. The highest BCUT2D eigenvalue weighted by Gasteiger charge is 2.21. The van der Waals surface area contributed by atoms with Gasteiger partial charge >= 0.3 is 11.9 Å². The van der Waals surface area contributed by atoms with Gasteiger partial charge in [-0.05, 0) is 51.4 Å². The third kappa shape index (κ3) is 53.6. The van der Waals surface area contributed by atoms with E-state index in [-0.39, 0.29) is 26.1 Å². The van der Waals surface area contributed by atoms with Gasteiger partial charge in [0, 0.05) is 12.8 Å². The summed E-state index contributed by atoms with van der Waals surface area (Å²) in [7, 11) is 1.18. The Bertz CT molecular complexity index is 1250. The van der Waals surface area contributed by atoms with Gasteiger partial charge in [0.2, 0.25) is 0 Å². The smallest absolute Gasteiger partial charge is 0.306 e. The molecule has 0 spiro atoms. The topological polar surface area (TPSA) is 111 Å². The van der Waals surface area contributed by atoms with Gasteiger partial charge in [0.1, 0.15) is 19.8 Å². The molecule has 0 aliphatic heterocycles. The SMILES string of the molecule is CCCCCCC/C=C\C/C=C\C/C=C\CCCCCCCCCCCCCCCCCCCCCCCCCCC(=O)OC(COC(=O)CCCCCCC)COP(=O)([O-])OCC[N+](C)(C)C. The average molecular weight is 980 g/mol. The second-order valence-corrected chi connectivity index (χ2v) is 22.1. The molecule has 0 N–H and O–H groups in total. The van der Waals surface area contributed by atoms with Gasteiger partial charge in [-0.15, -0.1) is 0 Å². The Morgan fingerprint density at radius 2 is 0.794 bits per heavy atom. The van der Waals surface area contributed by atoms with Crippen LogP contribution < -0.4 is 4.89 Å². The molecular weight excluding hydrogens is 870 g/mol. The predicted molar refractivity (Wildman–Crippen MR) is 287 cm³/mol. The number of carbonyl (C=O) groups is 2. The molecule has 10 heteroatoms. The largest absolute Gasteiger partial charge is 0.756 e. The fourth-order valence-electron chi connectivity index (χ4n) is 8.19. The van der Waals surface area contributed by atoms with Crippen molar-refractivity contribution in [2.75, 3.05) is 47.5 Å². The molecule has 0 bridgehead atoms. The molecule has 0 saturated carbocycles. The lowest BCUT2D eigenvalue weighted by Crippen LogP contribution is -2.37. The van der Waals surface area contributed by atoms with Crippen LogP contribution in [0, 0.1) is 0 Å². The van der Waals surface area contributed by atoms with Crippen LogP contribution in [0.2, 0.25) is 0 Å². The maximum absolute atomic E-state index is 12.7. The zero-order valence-corrected chi connectivity index (χ0v) is 46.2. The molecule has 0 aliphatic carbocycles. The fourth-order valence-corrected chi connectivity index (χ4v) is 8.92. The monoisotopic (exact) mass is 980 g/mol. The number of quaternary nitrogens is 1. The number of nitrogens with zero attached hydrogens (tertiary/aromatic N) is 1. The number of ether oxygens (including phenoxy) is 2. The van der Waals surface area contributed by atoms with Crippen LogP contribution in [0.3, 0.4) is 0 Å². The quantitative estimate of drug-likeness (QED) is 0.0195. The van der Waals surface area contributed by atoms with Crippen LogP contribution >= 0.6 is 7.82 Å². The van der Waals surface area contributed by atoms with Crippen molar-refractivity contribution in [3.05, 3.63) is 36.5 Å². The first-order valence-corrected chi connectivity index (χ1v) is 30.2. The minimum absolute atomic E-state index is 0.0283. The summed E-state index contributed by atoms with van der Waals surface area (Å²) in [6.07, 6.45) is 61.4. The molecule has 0 radical (unpaired) electrons. The Kier molecular flexibility index (Phi) is 48.9. The first kappa shape index (κ1) is 66.2. The molecule has 0 aromatic rings. The summed E-state index contributed by atoms with van der Waals surface area (Å²) in [5.74, 6) is -0.837. The van der Waals surface area contributed by atoms with E-state index >= 15 is 0 Å². The number of esters is 2. The molecule has 68 heavy (non-hydrogen) atoms. The normalized spacial score (nSPS) is 13.6. The minimum atomic E-state index is -4.61. The summed E-state index contributed by atoms with van der Waals surface area (Å²) < 4.78 is 33.8. The number of allylic oxidation sites excluding steroid dienone is 6. The minimum Gasteiger partial charge on any atom is -0.756 e. The van der Waals surface area contributed by atoms with E-state index in [0.717, 1.165) is 57.8 Å². The molecule has 400 valence electrons. The molecule has 0 fully saturated rings. The number of phosphoric acid groups is 1. The van der Waals surface area contributed by atoms with E-state index < -0.39 is 32.5 Å². The van der Waals surface area contributed by atoms with Gasteiger partial charge in [0.05, 0.1) is 27.7 Å². The van der Waals surface area contributed by atoms with E-state index in [0.29, 0.717) is 17.4 Å². The average Bonchev–Trinajstić information content (AvgIpc) is 3.30. The summed E-state index contributed by atoms with van der Waals surface area (Å²) >= 11 is 0. The standard InChI is InChI=1S/C58H110NO8P/c1-6-8-10-12-13-14-15-16-17-18-19-20-21-22-23-24-25-26-27-28-29-30-31-32-33-34-35-36-37-38-39-40-41-42-43-44-45-47-49-51-58(61)67-56(54-64-57(60)50-48-46-11-9-7-2)55-66-68(62,63)65-53-52-59(3,4)5/h15-16,18-19,21-22,56H,6-14,17,20,23-55H2,1-5H3/b16-15-,19-18-,22-21-. The predicted octanol–water partition coefficient (Wildman–Crippen LogP) is 17.0. The van der Waals surface area contributed by atoms with E-state index in [1.54, 1.807) is 0 Å². The maximum Gasteiger partial charge on any atom is 0.306 e. The van der Waals surface area contributed by atoms with Crippen molar-refractivity contribution in [1.29, 1.82) is 0 Å². The summed E-state index contributed by atoms with van der Waals surface area (Å²) in [6.45, 7) is 4.14. The highest BCUT2D eigenvalue weighted by atomic mass is 31.2. The van der Waals surface area contributed by atoms with Crippen molar-refractivity contribution < 1.29 is 42.1 Å². The van der Waals surface area contributed by atoms with Crippen molar-refractivity contribution >= 4 is 19.8 Å². The molecule has 0 rings (SSSR count). The Balaban J connectivity index is 3.73. The second-order valence-electron chi connectivity index (χ2n) is 20.7. The van der Waals surface area contributed by atoms with Crippen LogP contribution in [-0.4, -0.2) is 70.0 Å². The number of carbonyl (C=O) groups excluding carboxylic acids is 2. The first-order chi connectivity index (χ1) is 33.0. The molecule has 0 saturated heterocycles. The van der Waals surface area contributed by atoms with Crippen LogP contribution in [0.15, 0.2) is 36.5 Å². The van der Waals surface area contributed by atoms with Gasteiger partial charge < -0.3 is 27.9 Å². The lowest BCUT2D eigenvalue weighted by atomic mass is 10.0. The van der Waals surface area contributed by atoms with Gasteiger partial charge in [0.25, 0.3) is 7.82 Å². The fraction of sp³-hybridized carbons (Fsp3) is 0.862. The zero-order chi connectivity index (χ0) is 49.9. The summed E-state index contributed by atoms with van der Waals surface area (Å²) in [5.41, 5.74) is 0. The van der Waals surface area contributed by atoms with Crippen LogP contribution in [0.4, 0.5) is 0 Å². The summed E-state index contributed by atoms with van der Waals surface area (Å²) in [4.78, 5) is 37.3. The molecule has 2 unspecified atom stereocenters. The summed E-state index contributed by atoms with van der Waals surface area (Å²) in [6, 6.07) is 0. The molecular formula is C58H110NO8P. The van der Waals surface area contributed by atoms with Crippen LogP contribution in [0.25, 0.3) is 0 Å². The van der Waals surface area contributed by atoms with E-state index in [4.69, 9.17) is 18.5 Å². The number of hydrogen-bond acceptors (Lipinski definition) is 8. The molecule has 0 aromatic carbocycles. The van der Waals surface area contributed by atoms with Gasteiger partial charge in [-0.2, -0.15) is 0 Å². The maximum atomic E-state index is 12.7. The van der Waals surface area contributed by atoms with E-state index in [1.165, 1.54) is 180 Å². The second kappa shape index (κ2) is 50.2. The first-order valence-electron chi connectivity index (χ1n) is 28.7. The van der Waals surface area contributed by atoms with Crippen LogP contribution in [-0.2, 0) is 32.7 Å². The lowest BCUT2D eigenvalue weighted by molar-refractivity contribution is -0.870. The molecule has 0 aliphatic rings. The van der Waals surface area contributed by atoms with Crippen molar-refractivity contribution in [3.63, 3.8) is 0 Å². The van der Waals surface area contributed by atoms with Crippen LogP contribution in [0.5, 0.6) is 0 Å². The number of phosphoric ester groups is 1. The molecule has 0 aromatic heterocycles. The third-order valence-electron chi connectivity index (χ3n) is 12.7. The number of likely N-dealkylation sites (N-methyl/N-ethyl adjacent to an activating group) is 1. The third-order valence-corrected chi connectivity index (χ3v) is 13.6. The Labute approximate surface area is 421 Å². The van der Waals surface area contributed by atoms with E-state index in [2.05, 4.69) is 50.3 Å². The van der Waals surface area contributed by atoms with Crippen molar-refractivity contribution in [3.8, 4) is 0 Å². The Morgan fingerprint density at radius 1 is 0.456 bits per heavy atom. The number of unbranched alkanes of at least 4 members (excludes halogenated alkanes) is 33. The van der Waals surface area contributed by atoms with Gasteiger partial charge in [0.15, 0.2) is 6.10 Å². The zero-order valence-electron chi connectivity index (χ0n) is 45.3. The van der Waals surface area contributed by atoms with Gasteiger partial charge in [-0.3, -0.25) is 14.2 Å². The summed E-state index contributed by atoms with van der Waals surface area (Å²) in [5, 5.41) is 0. The Hall–Kier alpha value is -1.77. The van der Waals surface area contributed by atoms with Gasteiger partial charge in [-0.1, -0.05) is 243 Å². The van der Waals surface area contributed by atoms with Crippen LogP contribution in [0.1, 0.15) is 271 Å². The number of hydrogen-bond donors (Lipinski definition) is 0.